The van der Waals surface area contributed by atoms with Crippen molar-refractivity contribution in [2.24, 2.45) is 0 Å². The van der Waals surface area contributed by atoms with Crippen molar-refractivity contribution in [2.45, 2.75) is 25.5 Å². The van der Waals surface area contributed by atoms with Gasteiger partial charge in [0, 0.05) is 18.2 Å². The monoisotopic (exact) mass is 314 g/mol. The Morgan fingerprint density at radius 1 is 1.45 bits per heavy atom. The molecule has 0 unspecified atom stereocenters. The number of ether oxygens (including phenoxy) is 2. The van der Waals surface area contributed by atoms with Crippen molar-refractivity contribution in [3.8, 4) is 11.5 Å². The van der Waals surface area contributed by atoms with Crippen molar-refractivity contribution in [2.75, 3.05) is 27.2 Å². The summed E-state index contributed by atoms with van der Waals surface area (Å²) >= 11 is 0. The molecule has 0 saturated carbocycles. The van der Waals surface area contributed by atoms with Crippen LogP contribution in [0.5, 0.6) is 11.5 Å². The summed E-state index contributed by atoms with van der Waals surface area (Å²) in [5, 5.41) is 2.86. The molecule has 7 heteroatoms. The van der Waals surface area contributed by atoms with Crippen LogP contribution in [-0.4, -0.2) is 50.7 Å². The Morgan fingerprint density at radius 2 is 2.23 bits per heavy atom. The molecule has 1 aliphatic rings. The van der Waals surface area contributed by atoms with E-state index in [1.807, 2.05) is 7.05 Å². The third kappa shape index (κ3) is 4.07. The maximum Gasteiger partial charge on any atom is 0.387 e. The summed E-state index contributed by atoms with van der Waals surface area (Å²) in [5.41, 5.74) is 0.346. The lowest BCUT2D eigenvalue weighted by atomic mass is 10.1. The number of benzene rings is 1. The molecular weight excluding hydrogens is 294 g/mol. The number of alkyl halides is 2. The summed E-state index contributed by atoms with van der Waals surface area (Å²) in [6.45, 7) is -1.34. The van der Waals surface area contributed by atoms with E-state index in [2.05, 4.69) is 15.0 Å². The molecule has 1 aliphatic heterocycles. The molecule has 1 atom stereocenters. The summed E-state index contributed by atoms with van der Waals surface area (Å²) in [5.74, 6) is -0.252. The molecule has 0 radical (unpaired) electrons. The van der Waals surface area contributed by atoms with Crippen LogP contribution in [0.15, 0.2) is 18.2 Å². The van der Waals surface area contributed by atoms with Crippen molar-refractivity contribution in [3.05, 3.63) is 23.8 Å². The molecule has 0 aliphatic carbocycles. The summed E-state index contributed by atoms with van der Waals surface area (Å²) < 4.78 is 33.8. The van der Waals surface area contributed by atoms with Gasteiger partial charge in [0.15, 0.2) is 11.5 Å². The number of methoxy groups -OCH3 is 1. The van der Waals surface area contributed by atoms with Gasteiger partial charge in [0.1, 0.15) is 0 Å². The summed E-state index contributed by atoms with van der Waals surface area (Å²) in [6.07, 6.45) is 2.19. The SMILES string of the molecule is COc1cc(C(=O)NC[C@H]2CCCN2C)ccc1OC(F)F. The Kier molecular flexibility index (Phi) is 5.54. The van der Waals surface area contributed by atoms with E-state index in [1.165, 1.54) is 25.3 Å². The molecule has 1 aromatic rings. The second-order valence-corrected chi connectivity index (χ2v) is 5.23. The molecule has 1 fully saturated rings. The van der Waals surface area contributed by atoms with Crippen molar-refractivity contribution in [1.29, 1.82) is 0 Å². The van der Waals surface area contributed by atoms with Crippen molar-refractivity contribution < 1.29 is 23.0 Å². The number of likely N-dealkylation sites (tertiary alicyclic amines) is 1. The first-order chi connectivity index (χ1) is 10.5. The molecule has 1 saturated heterocycles. The molecule has 1 aromatic carbocycles. The van der Waals surface area contributed by atoms with Crippen LogP contribution in [0.3, 0.4) is 0 Å². The fraction of sp³-hybridized carbons (Fsp3) is 0.533. The highest BCUT2D eigenvalue weighted by Crippen LogP contribution is 2.29. The molecule has 1 N–H and O–H groups in total. The van der Waals surface area contributed by atoms with E-state index >= 15 is 0 Å². The van der Waals surface area contributed by atoms with Crippen LogP contribution in [0.4, 0.5) is 8.78 Å². The van der Waals surface area contributed by atoms with Gasteiger partial charge in [-0.25, -0.2) is 0 Å². The number of carbonyl (C=O) groups is 1. The van der Waals surface area contributed by atoms with Crippen LogP contribution in [0.2, 0.25) is 0 Å². The normalized spacial score (nSPS) is 18.5. The number of halogens is 2. The molecule has 122 valence electrons. The topological polar surface area (TPSA) is 50.8 Å². The number of amides is 1. The van der Waals surface area contributed by atoms with Gasteiger partial charge in [-0.1, -0.05) is 0 Å². The zero-order valence-corrected chi connectivity index (χ0v) is 12.6. The zero-order chi connectivity index (χ0) is 16.1. The molecule has 1 amide bonds. The molecule has 2 rings (SSSR count). The summed E-state index contributed by atoms with van der Waals surface area (Å²) in [7, 11) is 3.37. The van der Waals surface area contributed by atoms with Crippen LogP contribution in [0, 0.1) is 0 Å². The number of carbonyl (C=O) groups excluding carboxylic acids is 1. The van der Waals surface area contributed by atoms with Gasteiger partial charge >= 0.3 is 6.61 Å². The molecule has 5 nitrogen and oxygen atoms in total. The van der Waals surface area contributed by atoms with Gasteiger partial charge in [-0.3, -0.25) is 4.79 Å². The Morgan fingerprint density at radius 3 is 2.82 bits per heavy atom. The molecule has 22 heavy (non-hydrogen) atoms. The first kappa shape index (κ1) is 16.5. The van der Waals surface area contributed by atoms with E-state index < -0.39 is 6.61 Å². The largest absolute Gasteiger partial charge is 0.493 e. The first-order valence-electron chi connectivity index (χ1n) is 7.12. The standard InChI is InChI=1S/C15H20F2N2O3/c1-19-7-3-4-11(19)9-18-14(20)10-5-6-12(22-15(16)17)13(8-10)21-2/h5-6,8,11,15H,3-4,7,9H2,1-2H3,(H,18,20)/t11-/m1/s1. The lowest BCUT2D eigenvalue weighted by Gasteiger charge is -2.19. The molecule has 1 heterocycles. The third-order valence-corrected chi connectivity index (χ3v) is 3.81. The molecule has 0 aromatic heterocycles. The Balaban J connectivity index is 2.00. The Labute approximate surface area is 128 Å². The van der Waals surface area contributed by atoms with E-state index in [0.717, 1.165) is 19.4 Å². The Hall–Kier alpha value is -1.89. The van der Waals surface area contributed by atoms with E-state index in [4.69, 9.17) is 4.74 Å². The predicted molar refractivity (Wildman–Crippen MR) is 77.6 cm³/mol. The van der Waals surface area contributed by atoms with Gasteiger partial charge in [-0.15, -0.1) is 0 Å². The fourth-order valence-electron chi connectivity index (χ4n) is 2.55. The number of nitrogens with one attached hydrogen (secondary N) is 1. The summed E-state index contributed by atoms with van der Waals surface area (Å²) in [4.78, 5) is 14.3. The maximum atomic E-state index is 12.3. The van der Waals surface area contributed by atoms with Gasteiger partial charge in [-0.05, 0) is 44.6 Å². The third-order valence-electron chi connectivity index (χ3n) is 3.81. The van der Waals surface area contributed by atoms with Gasteiger partial charge in [0.25, 0.3) is 5.91 Å². The lowest BCUT2D eigenvalue weighted by molar-refractivity contribution is -0.0512. The van der Waals surface area contributed by atoms with Gasteiger partial charge in [0.2, 0.25) is 0 Å². The Bertz CT molecular complexity index is 526. The highest BCUT2D eigenvalue weighted by atomic mass is 19.3. The van der Waals surface area contributed by atoms with Gasteiger partial charge in [0.05, 0.1) is 7.11 Å². The highest BCUT2D eigenvalue weighted by molar-refractivity contribution is 5.94. The number of likely N-dealkylation sites (N-methyl/N-ethyl adjacent to an activating group) is 1. The van der Waals surface area contributed by atoms with Crippen LogP contribution in [0.1, 0.15) is 23.2 Å². The first-order valence-corrected chi connectivity index (χ1v) is 7.12. The van der Waals surface area contributed by atoms with Crippen LogP contribution in [-0.2, 0) is 0 Å². The number of hydrogen-bond donors (Lipinski definition) is 1. The second-order valence-electron chi connectivity index (χ2n) is 5.23. The highest BCUT2D eigenvalue weighted by Gasteiger charge is 2.21. The maximum absolute atomic E-state index is 12.3. The number of hydrogen-bond acceptors (Lipinski definition) is 4. The molecule has 0 bridgehead atoms. The van der Waals surface area contributed by atoms with Crippen molar-refractivity contribution in [1.82, 2.24) is 10.2 Å². The lowest BCUT2D eigenvalue weighted by Crippen LogP contribution is -2.38. The fourth-order valence-corrected chi connectivity index (χ4v) is 2.55. The van der Waals surface area contributed by atoms with Crippen LogP contribution >= 0.6 is 0 Å². The number of rotatable bonds is 6. The minimum Gasteiger partial charge on any atom is -0.493 e. The minimum atomic E-state index is -2.94. The second kappa shape index (κ2) is 7.40. The van der Waals surface area contributed by atoms with Gasteiger partial charge in [-0.2, -0.15) is 8.78 Å². The van der Waals surface area contributed by atoms with Crippen molar-refractivity contribution >= 4 is 5.91 Å². The van der Waals surface area contributed by atoms with Crippen molar-refractivity contribution in [3.63, 3.8) is 0 Å². The zero-order valence-electron chi connectivity index (χ0n) is 12.6. The minimum absolute atomic E-state index is 0.0930. The predicted octanol–water partition coefficient (Wildman–Crippen LogP) is 2.12. The van der Waals surface area contributed by atoms with E-state index in [1.54, 1.807) is 0 Å². The number of nitrogens with zero attached hydrogens (tertiary/aromatic N) is 1. The van der Waals surface area contributed by atoms with E-state index in [-0.39, 0.29) is 17.4 Å². The summed E-state index contributed by atoms with van der Waals surface area (Å²) in [6, 6.07) is 4.48. The average Bonchev–Trinajstić information content (AvgIpc) is 2.90. The van der Waals surface area contributed by atoms with E-state index in [0.29, 0.717) is 18.2 Å². The quantitative estimate of drug-likeness (QED) is 0.874. The molecular formula is C15H20F2N2O3. The van der Waals surface area contributed by atoms with Crippen LogP contribution in [0.25, 0.3) is 0 Å². The average molecular weight is 314 g/mol. The van der Waals surface area contributed by atoms with Gasteiger partial charge < -0.3 is 19.7 Å². The van der Waals surface area contributed by atoms with E-state index in [9.17, 15) is 13.6 Å². The molecule has 0 spiro atoms. The van der Waals surface area contributed by atoms with Crippen LogP contribution < -0.4 is 14.8 Å². The smallest absolute Gasteiger partial charge is 0.387 e.